The van der Waals surface area contributed by atoms with Crippen molar-refractivity contribution in [1.82, 2.24) is 14.5 Å². The Bertz CT molecular complexity index is 1790. The second-order valence-corrected chi connectivity index (χ2v) is 11.7. The van der Waals surface area contributed by atoms with Crippen molar-refractivity contribution in [3.8, 4) is 22.6 Å². The molecule has 9 nitrogen and oxygen atoms in total. The van der Waals surface area contributed by atoms with E-state index in [2.05, 4.69) is 9.55 Å². The van der Waals surface area contributed by atoms with Gasteiger partial charge in [0.1, 0.15) is 17.1 Å². The first-order valence-electron chi connectivity index (χ1n) is 14.0. The Balaban J connectivity index is 0.00000329. The van der Waals surface area contributed by atoms with Crippen LogP contribution in [0.5, 0.6) is 11.5 Å². The van der Waals surface area contributed by atoms with E-state index in [9.17, 15) is 19.5 Å². The maximum absolute atomic E-state index is 13.7. The molecule has 0 radical (unpaired) electrons. The number of halogens is 1. The Kier molecular flexibility index (Phi) is 7.79. The molecule has 3 aliphatic rings. The van der Waals surface area contributed by atoms with Crippen molar-refractivity contribution >= 4 is 40.2 Å². The summed E-state index contributed by atoms with van der Waals surface area (Å²) in [5.74, 6) is -0.385. The second-order valence-electron chi connectivity index (χ2n) is 11.3. The van der Waals surface area contributed by atoms with Gasteiger partial charge in [0.05, 0.1) is 41.0 Å². The number of amides is 1. The molecule has 1 amide bonds. The van der Waals surface area contributed by atoms with Crippen LogP contribution in [-0.4, -0.2) is 57.9 Å². The molecule has 4 heterocycles. The van der Waals surface area contributed by atoms with Crippen molar-refractivity contribution in [2.75, 3.05) is 20.2 Å². The van der Waals surface area contributed by atoms with Crippen LogP contribution in [0.1, 0.15) is 69.2 Å². The number of benzene rings is 2. The molecule has 0 atom stereocenters. The molecule has 1 saturated carbocycles. The van der Waals surface area contributed by atoms with Crippen molar-refractivity contribution in [3.05, 3.63) is 76.7 Å². The predicted octanol–water partition coefficient (Wildman–Crippen LogP) is 1.71. The van der Waals surface area contributed by atoms with Gasteiger partial charge in [-0.05, 0) is 48.7 Å². The normalized spacial score (nSPS) is 17.3. The van der Waals surface area contributed by atoms with Crippen molar-refractivity contribution in [2.45, 2.75) is 43.7 Å². The molecular weight excluding hydrogens is 581 g/mol. The summed E-state index contributed by atoms with van der Waals surface area (Å²) in [6.07, 6.45) is 8.11. The maximum atomic E-state index is 13.7. The van der Waals surface area contributed by atoms with Gasteiger partial charge in [0.15, 0.2) is 5.78 Å². The summed E-state index contributed by atoms with van der Waals surface area (Å²) in [5.41, 5.74) is 2.41. The predicted molar refractivity (Wildman–Crippen MR) is 153 cm³/mol. The van der Waals surface area contributed by atoms with Gasteiger partial charge >= 0.3 is 29.6 Å². The van der Waals surface area contributed by atoms with E-state index in [1.807, 2.05) is 17.2 Å². The number of aromatic carboxylic acids is 1. The Morgan fingerprint density at radius 3 is 2.53 bits per heavy atom. The van der Waals surface area contributed by atoms with E-state index in [0.29, 0.717) is 70.7 Å². The molecule has 2 aromatic heterocycles. The Labute approximate surface area is 275 Å². The number of ether oxygens (including phenoxy) is 2. The molecule has 2 aliphatic heterocycles. The zero-order chi connectivity index (χ0) is 29.2. The first-order valence-corrected chi connectivity index (χ1v) is 14.3. The third-order valence-electron chi connectivity index (χ3n) is 8.62. The molecule has 0 N–H and O–H groups in total. The van der Waals surface area contributed by atoms with Crippen molar-refractivity contribution < 1.29 is 58.5 Å². The molecular formula is C32H27ClN3NaO6. The summed E-state index contributed by atoms with van der Waals surface area (Å²) in [6.45, 7) is 0.901. The number of carboxylic acid groups (broad SMARTS) is 1. The molecule has 1 spiro atoms. The van der Waals surface area contributed by atoms with E-state index in [4.69, 9.17) is 21.1 Å². The monoisotopic (exact) mass is 607 g/mol. The van der Waals surface area contributed by atoms with Crippen LogP contribution < -0.4 is 44.1 Å². The molecule has 1 saturated heterocycles. The third kappa shape index (κ3) is 5.33. The fourth-order valence-electron chi connectivity index (χ4n) is 6.20. The molecule has 4 aromatic rings. The standard InChI is InChI=1S/C32H28ClN3O6.Na/c1-41-28-13-19(12-25-29(28)24(33)17-36(25)22-3-4-22)30(38)35-8-6-32(7-9-35)14-26(37)23-11-18(2-5-27(23)42-32)20-10-21(31(39)40)16-34-15-20;/h2,5,10-13,15-17,22H,3-4,6-9,14H2,1H3,(H,39,40);/q;+1/p-1. The SMILES string of the molecule is COc1cc(C(=O)N2CCC3(CC2)CC(=O)c2cc(-c4cncc(C(=O)[O-])c4)ccc2O3)cc2c1c(Cl)cn2C1CC1.[Na+]. The van der Waals surface area contributed by atoms with Crippen LogP contribution in [0.25, 0.3) is 22.0 Å². The average Bonchev–Trinajstić information content (AvgIpc) is 3.79. The van der Waals surface area contributed by atoms with E-state index in [1.54, 1.807) is 37.6 Å². The molecule has 0 bridgehead atoms. The fourth-order valence-corrected chi connectivity index (χ4v) is 6.50. The Morgan fingerprint density at radius 2 is 1.84 bits per heavy atom. The molecule has 2 fully saturated rings. The number of carbonyl (C=O) groups excluding carboxylic acids is 3. The number of rotatable bonds is 5. The minimum Gasteiger partial charge on any atom is -0.545 e. The van der Waals surface area contributed by atoms with Crippen LogP contribution in [0, 0.1) is 0 Å². The van der Waals surface area contributed by atoms with Crippen LogP contribution >= 0.6 is 11.6 Å². The Hall–Kier alpha value is -3.37. The first-order chi connectivity index (χ1) is 20.2. The minimum absolute atomic E-state index is 0. The number of carbonyl (C=O) groups is 3. The zero-order valence-corrected chi connectivity index (χ0v) is 26.6. The molecule has 11 heteroatoms. The van der Waals surface area contributed by atoms with Crippen LogP contribution in [-0.2, 0) is 0 Å². The number of ketones is 1. The van der Waals surface area contributed by atoms with Gasteiger partial charge in [0.2, 0.25) is 0 Å². The van der Waals surface area contributed by atoms with Gasteiger partial charge in [0.25, 0.3) is 5.91 Å². The molecule has 7 rings (SSSR count). The van der Waals surface area contributed by atoms with Gasteiger partial charge < -0.3 is 28.8 Å². The summed E-state index contributed by atoms with van der Waals surface area (Å²) < 4.78 is 14.2. The van der Waals surface area contributed by atoms with Gasteiger partial charge in [-0.2, -0.15) is 0 Å². The number of carboxylic acids is 1. The van der Waals surface area contributed by atoms with E-state index in [1.165, 1.54) is 12.3 Å². The number of likely N-dealkylation sites (tertiary alicyclic amines) is 1. The van der Waals surface area contributed by atoms with E-state index >= 15 is 0 Å². The van der Waals surface area contributed by atoms with Gasteiger partial charge in [-0.15, -0.1) is 0 Å². The largest absolute Gasteiger partial charge is 1.00 e. The van der Waals surface area contributed by atoms with Crippen molar-refractivity contribution in [3.63, 3.8) is 0 Å². The van der Waals surface area contributed by atoms with E-state index in [-0.39, 0.29) is 53.2 Å². The van der Waals surface area contributed by atoms with Gasteiger partial charge in [-0.25, -0.2) is 0 Å². The Morgan fingerprint density at radius 1 is 1.07 bits per heavy atom. The molecule has 0 unspecified atom stereocenters. The summed E-state index contributed by atoms with van der Waals surface area (Å²) in [6, 6.07) is 10.8. The summed E-state index contributed by atoms with van der Waals surface area (Å²) in [5, 5.41) is 12.7. The van der Waals surface area contributed by atoms with Crippen LogP contribution in [0.2, 0.25) is 5.02 Å². The molecule has 2 aromatic carbocycles. The second kappa shape index (κ2) is 11.3. The number of methoxy groups -OCH3 is 1. The summed E-state index contributed by atoms with van der Waals surface area (Å²) >= 11 is 6.54. The number of hydrogen-bond acceptors (Lipinski definition) is 7. The van der Waals surface area contributed by atoms with Crippen molar-refractivity contribution in [1.29, 1.82) is 0 Å². The summed E-state index contributed by atoms with van der Waals surface area (Å²) in [4.78, 5) is 44.0. The van der Waals surface area contributed by atoms with Gasteiger partial charge in [-0.3, -0.25) is 14.6 Å². The smallest absolute Gasteiger partial charge is 0.545 e. The number of hydrogen-bond donors (Lipinski definition) is 0. The van der Waals surface area contributed by atoms with Crippen LogP contribution in [0.4, 0.5) is 0 Å². The zero-order valence-electron chi connectivity index (χ0n) is 23.9. The van der Waals surface area contributed by atoms with Crippen LogP contribution in [0.3, 0.4) is 0 Å². The van der Waals surface area contributed by atoms with Crippen molar-refractivity contribution in [2.24, 2.45) is 0 Å². The topological polar surface area (TPSA) is 114 Å². The first kappa shape index (κ1) is 29.7. The number of piperidine rings is 1. The van der Waals surface area contributed by atoms with Crippen LogP contribution in [0.15, 0.2) is 55.0 Å². The van der Waals surface area contributed by atoms with Gasteiger partial charge in [-0.1, -0.05) is 17.7 Å². The maximum Gasteiger partial charge on any atom is 1.00 e. The van der Waals surface area contributed by atoms with E-state index < -0.39 is 11.6 Å². The average molecular weight is 608 g/mol. The number of nitrogens with zero attached hydrogens (tertiary/aromatic N) is 3. The number of pyridine rings is 1. The van der Waals surface area contributed by atoms with Gasteiger partial charge in [0, 0.05) is 67.3 Å². The molecule has 1 aliphatic carbocycles. The summed E-state index contributed by atoms with van der Waals surface area (Å²) in [7, 11) is 1.58. The number of aromatic nitrogens is 2. The molecule has 43 heavy (non-hydrogen) atoms. The van der Waals surface area contributed by atoms with E-state index in [0.717, 1.165) is 23.7 Å². The third-order valence-corrected chi connectivity index (χ3v) is 8.90. The molecule has 214 valence electrons. The number of fused-ring (bicyclic) bond motifs is 2. The number of Topliss-reactive ketones (excluding diaryl/α,β-unsaturated/α-hetero) is 1. The minimum atomic E-state index is -1.31. The fraction of sp³-hybridized carbons (Fsp3) is 0.312. The quantitative estimate of drug-likeness (QED) is 0.317.